The van der Waals surface area contributed by atoms with Crippen molar-refractivity contribution in [1.29, 1.82) is 0 Å². The lowest BCUT2D eigenvalue weighted by Gasteiger charge is -2.07. The van der Waals surface area contributed by atoms with Crippen LogP contribution in [0.4, 0.5) is 5.69 Å². The maximum Gasteiger partial charge on any atom is 0.292 e. The Labute approximate surface area is 130 Å². The summed E-state index contributed by atoms with van der Waals surface area (Å²) in [6.07, 6.45) is 4.45. The van der Waals surface area contributed by atoms with Crippen LogP contribution < -0.4 is 11.0 Å². The summed E-state index contributed by atoms with van der Waals surface area (Å²) in [5, 5.41) is 8.04. The predicted octanol–water partition coefficient (Wildman–Crippen LogP) is 2.92. The summed E-state index contributed by atoms with van der Waals surface area (Å²) in [5.74, 6) is 0.578. The molecule has 7 heteroatoms. The number of hydrogen-bond donors (Lipinski definition) is 1. The third-order valence-electron chi connectivity index (χ3n) is 2.84. The van der Waals surface area contributed by atoms with Crippen molar-refractivity contribution in [2.45, 2.75) is 0 Å². The van der Waals surface area contributed by atoms with Gasteiger partial charge in [0.1, 0.15) is 16.5 Å². The first kappa shape index (κ1) is 14.1. The molecule has 2 aromatic heterocycles. The van der Waals surface area contributed by atoms with Crippen molar-refractivity contribution in [3.8, 4) is 5.69 Å². The van der Waals surface area contributed by atoms with Crippen LogP contribution in [0, 0.1) is 0 Å². The molecule has 3 rings (SSSR count). The van der Waals surface area contributed by atoms with E-state index >= 15 is 0 Å². The zero-order valence-electron chi connectivity index (χ0n) is 11.3. The van der Waals surface area contributed by atoms with Crippen molar-refractivity contribution >= 4 is 23.5 Å². The second-order valence-electron chi connectivity index (χ2n) is 4.31. The van der Waals surface area contributed by atoms with Gasteiger partial charge in [0.2, 0.25) is 0 Å². The maximum atomic E-state index is 12.2. The van der Waals surface area contributed by atoms with E-state index in [1.807, 2.05) is 18.2 Å². The first-order chi connectivity index (χ1) is 10.8. The van der Waals surface area contributed by atoms with Crippen molar-refractivity contribution in [2.24, 2.45) is 5.10 Å². The van der Waals surface area contributed by atoms with Gasteiger partial charge >= 0.3 is 0 Å². The molecule has 2 heterocycles. The topological polar surface area (TPSA) is 72.4 Å². The van der Waals surface area contributed by atoms with E-state index in [4.69, 9.17) is 16.0 Å². The number of furan rings is 1. The molecular weight excluding hydrogens is 304 g/mol. The molecule has 0 aliphatic heterocycles. The number of aromatic nitrogens is 2. The van der Waals surface area contributed by atoms with E-state index in [9.17, 15) is 4.79 Å². The highest BCUT2D eigenvalue weighted by Crippen LogP contribution is 2.16. The highest BCUT2D eigenvalue weighted by molar-refractivity contribution is 6.32. The summed E-state index contributed by atoms with van der Waals surface area (Å²) < 4.78 is 6.32. The molecule has 0 fully saturated rings. The van der Waals surface area contributed by atoms with Gasteiger partial charge in [-0.1, -0.05) is 29.8 Å². The predicted molar refractivity (Wildman–Crippen MR) is 84.8 cm³/mol. The molecule has 0 spiro atoms. The van der Waals surface area contributed by atoms with Crippen LogP contribution in [0.15, 0.2) is 69.2 Å². The van der Waals surface area contributed by atoms with Gasteiger partial charge in [-0.25, -0.2) is 0 Å². The smallest absolute Gasteiger partial charge is 0.292 e. The molecule has 22 heavy (non-hydrogen) atoms. The zero-order chi connectivity index (χ0) is 15.4. The first-order valence-corrected chi connectivity index (χ1v) is 6.79. The number of para-hydroxylation sites is 1. The third-order valence-corrected chi connectivity index (χ3v) is 3.20. The summed E-state index contributed by atoms with van der Waals surface area (Å²) in [6, 6.07) is 12.5. The van der Waals surface area contributed by atoms with Gasteiger partial charge in [-0.15, -0.1) is 0 Å². The van der Waals surface area contributed by atoms with Crippen molar-refractivity contribution in [3.63, 3.8) is 0 Å². The molecule has 0 aliphatic carbocycles. The van der Waals surface area contributed by atoms with E-state index in [2.05, 4.69) is 15.6 Å². The van der Waals surface area contributed by atoms with Gasteiger partial charge in [0.15, 0.2) is 0 Å². The Morgan fingerprint density at radius 2 is 2.05 bits per heavy atom. The van der Waals surface area contributed by atoms with Crippen LogP contribution in [-0.2, 0) is 0 Å². The highest BCUT2D eigenvalue weighted by Gasteiger charge is 2.09. The average Bonchev–Trinajstić information content (AvgIpc) is 3.06. The Balaban J connectivity index is 1.86. The molecule has 6 nitrogen and oxygen atoms in total. The van der Waals surface area contributed by atoms with Crippen molar-refractivity contribution < 1.29 is 4.42 Å². The van der Waals surface area contributed by atoms with Gasteiger partial charge in [-0.2, -0.15) is 14.9 Å². The maximum absolute atomic E-state index is 12.2. The molecule has 0 aliphatic rings. The summed E-state index contributed by atoms with van der Waals surface area (Å²) in [4.78, 5) is 12.2. The minimum Gasteiger partial charge on any atom is -0.463 e. The normalized spacial score (nSPS) is 11.0. The van der Waals surface area contributed by atoms with E-state index in [1.54, 1.807) is 24.3 Å². The van der Waals surface area contributed by atoms with Crippen LogP contribution >= 0.6 is 11.6 Å². The Kier molecular flexibility index (Phi) is 4.02. The van der Waals surface area contributed by atoms with E-state index < -0.39 is 5.56 Å². The highest BCUT2D eigenvalue weighted by atomic mass is 35.5. The Morgan fingerprint density at radius 3 is 2.77 bits per heavy atom. The van der Waals surface area contributed by atoms with Crippen LogP contribution in [-0.4, -0.2) is 16.0 Å². The van der Waals surface area contributed by atoms with Gasteiger partial charge in [0.25, 0.3) is 5.56 Å². The summed E-state index contributed by atoms with van der Waals surface area (Å²) >= 11 is 6.08. The summed E-state index contributed by atoms with van der Waals surface area (Å²) in [6.45, 7) is 0. The van der Waals surface area contributed by atoms with Crippen LogP contribution in [0.25, 0.3) is 5.69 Å². The number of nitrogens with zero attached hydrogens (tertiary/aromatic N) is 3. The lowest BCUT2D eigenvalue weighted by molar-refractivity contribution is 0.560. The monoisotopic (exact) mass is 314 g/mol. The number of hydrazone groups is 1. The quantitative estimate of drug-likeness (QED) is 0.593. The van der Waals surface area contributed by atoms with E-state index in [-0.39, 0.29) is 5.02 Å². The van der Waals surface area contributed by atoms with Gasteiger partial charge in [-0.05, 0) is 24.3 Å². The van der Waals surface area contributed by atoms with Gasteiger partial charge < -0.3 is 4.42 Å². The summed E-state index contributed by atoms with van der Waals surface area (Å²) in [7, 11) is 0. The largest absolute Gasteiger partial charge is 0.463 e. The Hall–Kier alpha value is -2.86. The molecule has 0 atom stereocenters. The number of benzene rings is 1. The minimum absolute atomic E-state index is 0.00967. The summed E-state index contributed by atoms with van der Waals surface area (Å²) in [5.41, 5.74) is 3.21. The second-order valence-corrected chi connectivity index (χ2v) is 4.69. The molecule has 1 N–H and O–H groups in total. The van der Waals surface area contributed by atoms with E-state index in [0.29, 0.717) is 17.1 Å². The fraction of sp³-hybridized carbons (Fsp3) is 0. The van der Waals surface area contributed by atoms with E-state index in [1.165, 1.54) is 23.4 Å². The zero-order valence-corrected chi connectivity index (χ0v) is 12.1. The van der Waals surface area contributed by atoms with Crippen LogP contribution in [0.1, 0.15) is 5.76 Å². The first-order valence-electron chi connectivity index (χ1n) is 6.41. The Bertz CT molecular complexity index is 842. The fourth-order valence-electron chi connectivity index (χ4n) is 1.79. The molecule has 0 radical (unpaired) electrons. The Morgan fingerprint density at radius 1 is 1.23 bits per heavy atom. The number of hydrogen-bond acceptors (Lipinski definition) is 5. The number of nitrogens with one attached hydrogen (secondary N) is 1. The third kappa shape index (κ3) is 2.91. The molecule has 0 unspecified atom stereocenters. The van der Waals surface area contributed by atoms with Crippen molar-refractivity contribution in [2.75, 3.05) is 5.43 Å². The number of halogens is 1. The molecular formula is C15H11ClN4O2. The van der Waals surface area contributed by atoms with Crippen molar-refractivity contribution in [1.82, 2.24) is 9.78 Å². The average molecular weight is 315 g/mol. The van der Waals surface area contributed by atoms with Crippen LogP contribution in [0.2, 0.25) is 5.02 Å². The van der Waals surface area contributed by atoms with Crippen LogP contribution in [0.5, 0.6) is 0 Å². The minimum atomic E-state index is -0.425. The molecule has 1 aromatic carbocycles. The number of rotatable bonds is 4. The molecule has 3 aromatic rings. The molecule has 110 valence electrons. The number of anilines is 1. The molecule has 0 saturated heterocycles. The molecule has 0 saturated carbocycles. The SMILES string of the molecule is O=c1c(Cl)c(N/N=C/c2ccco2)cnn1-c1ccccc1. The van der Waals surface area contributed by atoms with E-state index in [0.717, 1.165) is 0 Å². The van der Waals surface area contributed by atoms with Gasteiger partial charge in [0, 0.05) is 0 Å². The molecule has 0 bridgehead atoms. The van der Waals surface area contributed by atoms with Gasteiger partial charge in [-0.3, -0.25) is 10.2 Å². The lowest BCUT2D eigenvalue weighted by atomic mass is 10.3. The molecule has 0 amide bonds. The standard InChI is InChI=1S/C15H11ClN4O2/c16-14-13(19-17-9-12-7-4-8-22-12)10-18-20(15(14)21)11-5-2-1-3-6-11/h1-10,19H/b17-9+. The van der Waals surface area contributed by atoms with Crippen LogP contribution in [0.3, 0.4) is 0 Å². The second kappa shape index (κ2) is 6.28. The van der Waals surface area contributed by atoms with Crippen molar-refractivity contribution in [3.05, 3.63) is 76.1 Å². The fourth-order valence-corrected chi connectivity index (χ4v) is 1.97. The lowest BCUT2D eigenvalue weighted by Crippen LogP contribution is -2.22. The van der Waals surface area contributed by atoms with Gasteiger partial charge in [0.05, 0.1) is 24.4 Å².